The number of anilines is 1. The molecule has 21 heavy (non-hydrogen) atoms. The fourth-order valence-electron chi connectivity index (χ4n) is 1.71. The fraction of sp³-hybridized carbons (Fsp3) is 0.231. The zero-order valence-corrected chi connectivity index (χ0v) is 12.0. The van der Waals surface area contributed by atoms with Crippen molar-refractivity contribution in [3.63, 3.8) is 0 Å². The molecule has 0 aliphatic carbocycles. The van der Waals surface area contributed by atoms with Gasteiger partial charge in [0.05, 0.1) is 22.8 Å². The average molecular weight is 309 g/mol. The molecule has 2 N–H and O–H groups in total. The summed E-state index contributed by atoms with van der Waals surface area (Å²) >= 11 is 6.02. The minimum Gasteiger partial charge on any atom is -0.481 e. The SMILES string of the molecule is Cc1ccc(NC(=O)Cn2cc(CC(=O)O)nn2)c(Cl)c1. The van der Waals surface area contributed by atoms with Crippen LogP contribution in [0.2, 0.25) is 5.02 Å². The van der Waals surface area contributed by atoms with E-state index >= 15 is 0 Å². The molecule has 1 amide bonds. The number of carbonyl (C=O) groups excluding carboxylic acids is 1. The summed E-state index contributed by atoms with van der Waals surface area (Å²) in [5, 5.41) is 19.1. The maximum absolute atomic E-state index is 11.9. The Bertz CT molecular complexity index is 684. The maximum Gasteiger partial charge on any atom is 0.309 e. The van der Waals surface area contributed by atoms with Crippen LogP contribution in [0.25, 0.3) is 0 Å². The standard InChI is InChI=1S/C13H13ClN4O3/c1-8-2-3-11(10(14)4-8)15-12(19)7-18-6-9(16-17-18)5-13(20)21/h2-4,6H,5,7H2,1H3,(H,15,19)(H,20,21). The van der Waals surface area contributed by atoms with E-state index < -0.39 is 5.97 Å². The molecule has 1 heterocycles. The number of carboxylic acid groups (broad SMARTS) is 1. The highest BCUT2D eigenvalue weighted by atomic mass is 35.5. The van der Waals surface area contributed by atoms with E-state index in [2.05, 4.69) is 15.6 Å². The van der Waals surface area contributed by atoms with Crippen molar-refractivity contribution in [3.8, 4) is 0 Å². The van der Waals surface area contributed by atoms with Crippen molar-refractivity contribution >= 4 is 29.2 Å². The largest absolute Gasteiger partial charge is 0.481 e. The number of aryl methyl sites for hydroxylation is 1. The van der Waals surface area contributed by atoms with Gasteiger partial charge in [-0.2, -0.15) is 0 Å². The molecule has 0 radical (unpaired) electrons. The molecule has 1 aromatic carbocycles. The Balaban J connectivity index is 1.98. The van der Waals surface area contributed by atoms with Crippen LogP contribution in [-0.2, 0) is 22.6 Å². The number of rotatable bonds is 5. The number of hydrogen-bond acceptors (Lipinski definition) is 4. The molecule has 0 saturated heterocycles. The third kappa shape index (κ3) is 4.28. The summed E-state index contributed by atoms with van der Waals surface area (Å²) in [5.41, 5.74) is 1.80. The topological polar surface area (TPSA) is 97.1 Å². The molecule has 0 aliphatic rings. The van der Waals surface area contributed by atoms with E-state index in [1.807, 2.05) is 13.0 Å². The molecule has 8 heteroatoms. The number of amides is 1. The molecule has 2 rings (SSSR count). The molecule has 0 atom stereocenters. The molecular formula is C13H13ClN4O3. The van der Waals surface area contributed by atoms with Crippen LogP contribution >= 0.6 is 11.6 Å². The number of benzene rings is 1. The minimum atomic E-state index is -1.00. The number of nitrogens with zero attached hydrogens (tertiary/aromatic N) is 3. The number of aliphatic carboxylic acids is 1. The van der Waals surface area contributed by atoms with Gasteiger partial charge in [0, 0.05) is 6.20 Å². The summed E-state index contributed by atoms with van der Waals surface area (Å²) in [7, 11) is 0. The van der Waals surface area contributed by atoms with E-state index in [1.54, 1.807) is 12.1 Å². The van der Waals surface area contributed by atoms with Crippen molar-refractivity contribution in [2.75, 3.05) is 5.32 Å². The van der Waals surface area contributed by atoms with E-state index in [-0.39, 0.29) is 18.9 Å². The predicted molar refractivity (Wildman–Crippen MR) is 76.2 cm³/mol. The van der Waals surface area contributed by atoms with E-state index in [1.165, 1.54) is 10.9 Å². The molecule has 0 saturated carbocycles. The van der Waals surface area contributed by atoms with Crippen molar-refractivity contribution in [2.45, 2.75) is 19.9 Å². The minimum absolute atomic E-state index is 0.0726. The van der Waals surface area contributed by atoms with Crippen molar-refractivity contribution in [1.29, 1.82) is 0 Å². The molecule has 0 fully saturated rings. The lowest BCUT2D eigenvalue weighted by Crippen LogP contribution is -2.19. The first kappa shape index (κ1) is 15.0. The Morgan fingerprint density at radius 2 is 2.19 bits per heavy atom. The quantitative estimate of drug-likeness (QED) is 0.872. The second kappa shape index (κ2) is 6.36. The van der Waals surface area contributed by atoms with Crippen LogP contribution in [0.5, 0.6) is 0 Å². The Labute approximate surface area is 125 Å². The van der Waals surface area contributed by atoms with Gasteiger partial charge in [0.2, 0.25) is 5.91 Å². The summed E-state index contributed by atoms with van der Waals surface area (Å²) < 4.78 is 1.27. The van der Waals surface area contributed by atoms with E-state index in [0.717, 1.165) is 5.56 Å². The van der Waals surface area contributed by atoms with Gasteiger partial charge < -0.3 is 10.4 Å². The van der Waals surface area contributed by atoms with Crippen molar-refractivity contribution in [1.82, 2.24) is 15.0 Å². The number of aromatic nitrogens is 3. The smallest absolute Gasteiger partial charge is 0.309 e. The van der Waals surface area contributed by atoms with Crippen molar-refractivity contribution in [3.05, 3.63) is 40.7 Å². The predicted octanol–water partition coefficient (Wildman–Crippen LogP) is 1.51. The van der Waals surface area contributed by atoms with Crippen LogP contribution in [-0.4, -0.2) is 32.0 Å². The summed E-state index contributed by atoms with van der Waals surface area (Å²) in [6.45, 7) is 1.83. The summed E-state index contributed by atoms with van der Waals surface area (Å²) in [6, 6.07) is 5.30. The highest BCUT2D eigenvalue weighted by Gasteiger charge is 2.10. The van der Waals surface area contributed by atoms with Crippen LogP contribution in [0.4, 0.5) is 5.69 Å². The lowest BCUT2D eigenvalue weighted by molar-refractivity contribution is -0.136. The van der Waals surface area contributed by atoms with Gasteiger partial charge in [-0.15, -0.1) is 5.10 Å². The molecular weight excluding hydrogens is 296 g/mol. The molecule has 0 bridgehead atoms. The van der Waals surface area contributed by atoms with E-state index in [9.17, 15) is 9.59 Å². The second-order valence-corrected chi connectivity index (χ2v) is 4.92. The van der Waals surface area contributed by atoms with Gasteiger partial charge in [0.1, 0.15) is 6.54 Å². The summed E-state index contributed by atoms with van der Waals surface area (Å²) in [6.07, 6.45) is 1.19. The van der Waals surface area contributed by atoms with Gasteiger partial charge in [-0.1, -0.05) is 22.9 Å². The monoisotopic (exact) mass is 308 g/mol. The molecule has 0 aliphatic heterocycles. The van der Waals surface area contributed by atoms with Crippen LogP contribution in [0, 0.1) is 6.92 Å². The zero-order valence-electron chi connectivity index (χ0n) is 11.2. The Hall–Kier alpha value is -2.41. The number of halogens is 1. The van der Waals surface area contributed by atoms with Crippen LogP contribution in [0.3, 0.4) is 0 Å². The first-order valence-corrected chi connectivity index (χ1v) is 6.48. The Kier molecular flexibility index (Phi) is 4.54. The second-order valence-electron chi connectivity index (χ2n) is 4.51. The summed E-state index contributed by atoms with van der Waals surface area (Å²) in [4.78, 5) is 22.4. The highest BCUT2D eigenvalue weighted by Crippen LogP contribution is 2.22. The normalized spacial score (nSPS) is 10.4. The molecule has 110 valence electrons. The first-order chi connectivity index (χ1) is 9.94. The van der Waals surface area contributed by atoms with Gasteiger partial charge in [0.15, 0.2) is 0 Å². The third-order valence-electron chi connectivity index (χ3n) is 2.62. The Morgan fingerprint density at radius 1 is 1.43 bits per heavy atom. The third-order valence-corrected chi connectivity index (χ3v) is 2.94. The maximum atomic E-state index is 11.9. The van der Waals surface area contributed by atoms with Crippen molar-refractivity contribution < 1.29 is 14.7 Å². The number of hydrogen-bond donors (Lipinski definition) is 2. The van der Waals surface area contributed by atoms with Crippen LogP contribution < -0.4 is 5.32 Å². The lowest BCUT2D eigenvalue weighted by atomic mass is 10.2. The Morgan fingerprint density at radius 3 is 2.86 bits per heavy atom. The van der Waals surface area contributed by atoms with Gasteiger partial charge >= 0.3 is 5.97 Å². The number of carbonyl (C=O) groups is 2. The molecule has 2 aromatic rings. The summed E-state index contributed by atoms with van der Waals surface area (Å²) in [5.74, 6) is -1.33. The van der Waals surface area contributed by atoms with Crippen LogP contribution in [0.1, 0.15) is 11.3 Å². The average Bonchev–Trinajstić information content (AvgIpc) is 2.79. The van der Waals surface area contributed by atoms with Gasteiger partial charge in [-0.25, -0.2) is 4.68 Å². The molecule has 7 nitrogen and oxygen atoms in total. The van der Waals surface area contributed by atoms with E-state index in [0.29, 0.717) is 16.4 Å². The van der Waals surface area contributed by atoms with Gasteiger partial charge in [-0.3, -0.25) is 9.59 Å². The molecule has 0 unspecified atom stereocenters. The highest BCUT2D eigenvalue weighted by molar-refractivity contribution is 6.33. The fourth-order valence-corrected chi connectivity index (χ4v) is 1.99. The number of carboxylic acids is 1. The number of nitrogens with one attached hydrogen (secondary N) is 1. The van der Waals surface area contributed by atoms with Crippen molar-refractivity contribution in [2.24, 2.45) is 0 Å². The van der Waals surface area contributed by atoms with E-state index in [4.69, 9.17) is 16.7 Å². The lowest BCUT2D eigenvalue weighted by Gasteiger charge is -2.07. The van der Waals surface area contributed by atoms with Gasteiger partial charge in [0.25, 0.3) is 0 Å². The molecule has 0 spiro atoms. The van der Waals surface area contributed by atoms with Crippen LogP contribution in [0.15, 0.2) is 24.4 Å². The first-order valence-electron chi connectivity index (χ1n) is 6.11. The zero-order chi connectivity index (χ0) is 15.4. The van der Waals surface area contributed by atoms with Gasteiger partial charge in [-0.05, 0) is 24.6 Å². The molecule has 1 aromatic heterocycles.